The number of carboxylic acid groups (broad SMARTS) is 1. The Morgan fingerprint density at radius 1 is 1.35 bits per heavy atom. The third kappa shape index (κ3) is 2.78. The van der Waals surface area contributed by atoms with Crippen molar-refractivity contribution < 1.29 is 9.90 Å². The molecule has 0 unspecified atom stereocenters. The lowest BCUT2D eigenvalue weighted by molar-refractivity contribution is -0.138. The molecular formula is C14H21NO2. The van der Waals surface area contributed by atoms with Crippen LogP contribution in [0.1, 0.15) is 31.4 Å². The van der Waals surface area contributed by atoms with E-state index in [1.54, 1.807) is 0 Å². The lowest BCUT2D eigenvalue weighted by Gasteiger charge is -2.31. The molecule has 0 aromatic heterocycles. The van der Waals surface area contributed by atoms with Crippen LogP contribution in [0.5, 0.6) is 0 Å². The summed E-state index contributed by atoms with van der Waals surface area (Å²) in [6, 6.07) is 5.58. The van der Waals surface area contributed by atoms with Gasteiger partial charge in [-0.2, -0.15) is 0 Å². The first-order chi connectivity index (χ1) is 8.02. The van der Waals surface area contributed by atoms with E-state index in [-0.39, 0.29) is 0 Å². The highest BCUT2D eigenvalue weighted by Gasteiger charge is 2.23. The minimum Gasteiger partial charge on any atom is -0.480 e. The molecule has 0 saturated heterocycles. The van der Waals surface area contributed by atoms with Gasteiger partial charge in [0.25, 0.3) is 0 Å². The van der Waals surface area contributed by atoms with E-state index < -0.39 is 12.0 Å². The van der Waals surface area contributed by atoms with E-state index in [4.69, 9.17) is 0 Å². The number of carboxylic acids is 1. The molecule has 1 rings (SSSR count). The van der Waals surface area contributed by atoms with Crippen molar-refractivity contribution in [3.8, 4) is 0 Å². The number of anilines is 1. The maximum atomic E-state index is 11.3. The molecular weight excluding hydrogens is 214 g/mol. The van der Waals surface area contributed by atoms with Crippen LogP contribution in [0.25, 0.3) is 0 Å². The minimum atomic E-state index is -0.754. The second kappa shape index (κ2) is 5.71. The van der Waals surface area contributed by atoms with E-state index in [0.29, 0.717) is 13.0 Å². The molecule has 3 heteroatoms. The number of nitrogens with zero attached hydrogens (tertiary/aromatic N) is 1. The van der Waals surface area contributed by atoms with Gasteiger partial charge in [-0.3, -0.25) is 0 Å². The Labute approximate surface area is 103 Å². The summed E-state index contributed by atoms with van der Waals surface area (Å²) in [5.74, 6) is -0.754. The van der Waals surface area contributed by atoms with Gasteiger partial charge in [-0.25, -0.2) is 4.79 Å². The average molecular weight is 235 g/mol. The number of hydrogen-bond acceptors (Lipinski definition) is 2. The minimum absolute atomic E-state index is 0.444. The number of aryl methyl sites for hydroxylation is 1. The fourth-order valence-electron chi connectivity index (χ4n) is 2.13. The van der Waals surface area contributed by atoms with Gasteiger partial charge in [0.05, 0.1) is 0 Å². The molecule has 0 aliphatic carbocycles. The molecule has 0 radical (unpaired) electrons. The Kier molecular flexibility index (Phi) is 4.55. The van der Waals surface area contributed by atoms with Gasteiger partial charge in [-0.05, 0) is 44.4 Å². The molecule has 1 aromatic carbocycles. The van der Waals surface area contributed by atoms with Crippen molar-refractivity contribution in [3.05, 3.63) is 29.3 Å². The molecule has 0 saturated carbocycles. The second-order valence-electron chi connectivity index (χ2n) is 4.27. The molecule has 1 aromatic rings. The van der Waals surface area contributed by atoms with Crippen LogP contribution in [0.3, 0.4) is 0 Å². The molecule has 3 nitrogen and oxygen atoms in total. The molecule has 0 aliphatic heterocycles. The van der Waals surface area contributed by atoms with Crippen LogP contribution in [0.15, 0.2) is 18.2 Å². The maximum absolute atomic E-state index is 11.3. The fraction of sp³-hybridized carbons (Fsp3) is 0.500. The van der Waals surface area contributed by atoms with Crippen LogP contribution in [-0.4, -0.2) is 23.7 Å². The summed E-state index contributed by atoms with van der Waals surface area (Å²) in [6.45, 7) is 8.70. The van der Waals surface area contributed by atoms with E-state index >= 15 is 0 Å². The first-order valence-electron chi connectivity index (χ1n) is 6.08. The van der Waals surface area contributed by atoms with Gasteiger partial charge in [0.2, 0.25) is 0 Å². The fourth-order valence-corrected chi connectivity index (χ4v) is 2.13. The maximum Gasteiger partial charge on any atom is 0.326 e. The highest BCUT2D eigenvalue weighted by atomic mass is 16.4. The Bertz CT molecular complexity index is 401. The van der Waals surface area contributed by atoms with Crippen molar-refractivity contribution in [2.24, 2.45) is 0 Å². The van der Waals surface area contributed by atoms with Crippen molar-refractivity contribution in [2.45, 2.75) is 40.2 Å². The van der Waals surface area contributed by atoms with Crippen molar-refractivity contribution in [1.29, 1.82) is 0 Å². The third-order valence-electron chi connectivity index (χ3n) is 3.27. The average Bonchev–Trinajstić information content (AvgIpc) is 2.29. The molecule has 0 aliphatic rings. The predicted octanol–water partition coefficient (Wildman–Crippen LogP) is 2.99. The first-order valence-corrected chi connectivity index (χ1v) is 6.08. The molecule has 1 atom stereocenters. The zero-order valence-corrected chi connectivity index (χ0v) is 11.0. The van der Waals surface area contributed by atoms with Gasteiger partial charge in [-0.1, -0.05) is 19.1 Å². The van der Waals surface area contributed by atoms with Crippen LogP contribution in [0.4, 0.5) is 5.69 Å². The number of benzene rings is 1. The van der Waals surface area contributed by atoms with E-state index in [1.807, 2.05) is 50.8 Å². The van der Waals surface area contributed by atoms with Gasteiger partial charge < -0.3 is 10.0 Å². The zero-order valence-electron chi connectivity index (χ0n) is 11.0. The van der Waals surface area contributed by atoms with Crippen LogP contribution < -0.4 is 4.90 Å². The Morgan fingerprint density at radius 3 is 2.47 bits per heavy atom. The Balaban J connectivity index is 3.17. The topological polar surface area (TPSA) is 40.5 Å². The lowest BCUT2D eigenvalue weighted by atomic mass is 10.0. The molecule has 0 spiro atoms. The monoisotopic (exact) mass is 235 g/mol. The number of aliphatic carboxylic acids is 1. The smallest absolute Gasteiger partial charge is 0.326 e. The van der Waals surface area contributed by atoms with Crippen LogP contribution in [-0.2, 0) is 4.79 Å². The van der Waals surface area contributed by atoms with E-state index in [0.717, 1.165) is 11.3 Å². The summed E-state index contributed by atoms with van der Waals surface area (Å²) < 4.78 is 0. The van der Waals surface area contributed by atoms with Gasteiger partial charge in [0.15, 0.2) is 0 Å². The Hall–Kier alpha value is -1.51. The van der Waals surface area contributed by atoms with Crippen molar-refractivity contribution in [2.75, 3.05) is 11.4 Å². The standard InChI is InChI=1S/C14H21NO2/c1-5-12(14(16)17)15(6-2)13-9-7-8-10(3)11(13)4/h7-9,12H,5-6H2,1-4H3,(H,16,17)/t12-/m1/s1. The van der Waals surface area contributed by atoms with Crippen LogP contribution >= 0.6 is 0 Å². The quantitative estimate of drug-likeness (QED) is 0.853. The van der Waals surface area contributed by atoms with Crippen molar-refractivity contribution >= 4 is 11.7 Å². The van der Waals surface area contributed by atoms with Crippen molar-refractivity contribution in [1.82, 2.24) is 0 Å². The van der Waals surface area contributed by atoms with Gasteiger partial charge in [0, 0.05) is 12.2 Å². The van der Waals surface area contributed by atoms with E-state index in [9.17, 15) is 9.90 Å². The molecule has 94 valence electrons. The predicted molar refractivity (Wildman–Crippen MR) is 70.7 cm³/mol. The van der Waals surface area contributed by atoms with Crippen LogP contribution in [0, 0.1) is 13.8 Å². The SMILES string of the molecule is CC[C@H](C(=O)O)N(CC)c1cccc(C)c1C. The molecule has 1 N–H and O–H groups in total. The third-order valence-corrected chi connectivity index (χ3v) is 3.27. The number of likely N-dealkylation sites (N-methyl/N-ethyl adjacent to an activating group) is 1. The van der Waals surface area contributed by atoms with E-state index in [2.05, 4.69) is 0 Å². The van der Waals surface area contributed by atoms with E-state index in [1.165, 1.54) is 5.56 Å². The van der Waals surface area contributed by atoms with Gasteiger partial charge >= 0.3 is 5.97 Å². The Morgan fingerprint density at radius 2 is 2.00 bits per heavy atom. The summed E-state index contributed by atoms with van der Waals surface area (Å²) in [6.07, 6.45) is 0.608. The van der Waals surface area contributed by atoms with Gasteiger partial charge in [0.1, 0.15) is 6.04 Å². The number of rotatable bonds is 5. The largest absolute Gasteiger partial charge is 0.480 e. The van der Waals surface area contributed by atoms with Gasteiger partial charge in [-0.15, -0.1) is 0 Å². The zero-order chi connectivity index (χ0) is 13.0. The highest BCUT2D eigenvalue weighted by Crippen LogP contribution is 2.25. The first kappa shape index (κ1) is 13.6. The lowest BCUT2D eigenvalue weighted by Crippen LogP contribution is -2.41. The highest BCUT2D eigenvalue weighted by molar-refractivity contribution is 5.78. The van der Waals surface area contributed by atoms with Crippen molar-refractivity contribution in [3.63, 3.8) is 0 Å². The summed E-state index contributed by atoms with van der Waals surface area (Å²) in [7, 11) is 0. The molecule has 0 bridgehead atoms. The molecule has 0 heterocycles. The van der Waals surface area contributed by atoms with Crippen LogP contribution in [0.2, 0.25) is 0 Å². The normalized spacial score (nSPS) is 12.2. The summed E-state index contributed by atoms with van der Waals surface area (Å²) in [4.78, 5) is 13.2. The summed E-state index contributed by atoms with van der Waals surface area (Å²) in [5.41, 5.74) is 3.39. The molecule has 0 amide bonds. The summed E-state index contributed by atoms with van der Waals surface area (Å²) in [5, 5.41) is 9.25. The number of carbonyl (C=O) groups is 1. The molecule has 0 fully saturated rings. The number of hydrogen-bond donors (Lipinski definition) is 1. The summed E-state index contributed by atoms with van der Waals surface area (Å²) >= 11 is 0. The molecule has 17 heavy (non-hydrogen) atoms. The second-order valence-corrected chi connectivity index (χ2v) is 4.27.